The molecule has 2 aromatic carbocycles. The lowest BCUT2D eigenvalue weighted by atomic mass is 9.74. The minimum absolute atomic E-state index is 0.0239. The number of carbonyl (C=O) groups excluding carboxylic acids is 2. The van der Waals surface area contributed by atoms with E-state index in [0.717, 1.165) is 23.3 Å². The molecule has 14 atom stereocenters. The number of hydrogen-bond acceptors (Lipinski definition) is 10. The normalized spacial score (nSPS) is 30.5. The average molecular weight is 854 g/mol. The van der Waals surface area contributed by atoms with Crippen LogP contribution in [0.1, 0.15) is 107 Å². The van der Waals surface area contributed by atoms with Gasteiger partial charge in [0.1, 0.15) is 12.4 Å². The summed E-state index contributed by atoms with van der Waals surface area (Å²) in [5.74, 6) is -2.46. The molecule has 0 aliphatic carbocycles. The number of nitrogens with zero attached hydrogens (tertiary/aromatic N) is 1. The van der Waals surface area contributed by atoms with Crippen molar-refractivity contribution in [2.75, 3.05) is 13.7 Å². The van der Waals surface area contributed by atoms with Gasteiger partial charge >= 0.3 is 6.09 Å². The monoisotopic (exact) mass is 854 g/mol. The predicted molar refractivity (Wildman–Crippen MR) is 235 cm³/mol. The van der Waals surface area contributed by atoms with Gasteiger partial charge < -0.3 is 38.0 Å². The zero-order valence-electron chi connectivity index (χ0n) is 39.0. The fourth-order valence-corrected chi connectivity index (χ4v) is 10.9. The maximum atomic E-state index is 14.3. The summed E-state index contributed by atoms with van der Waals surface area (Å²) < 4.78 is 44.9. The summed E-state index contributed by atoms with van der Waals surface area (Å²) in [5.41, 5.74) is 1.89. The van der Waals surface area contributed by atoms with Gasteiger partial charge in [-0.2, -0.15) is 0 Å². The van der Waals surface area contributed by atoms with Crippen molar-refractivity contribution in [3.05, 3.63) is 65.7 Å². The zero-order chi connectivity index (χ0) is 44.5. The fourth-order valence-electron chi connectivity index (χ4n) is 9.43. The third-order valence-corrected chi connectivity index (χ3v) is 18.6. The molecule has 3 aliphatic rings. The van der Waals surface area contributed by atoms with Crippen LogP contribution in [0.5, 0.6) is 5.75 Å². The van der Waals surface area contributed by atoms with Gasteiger partial charge in [0.15, 0.2) is 20.4 Å². The lowest BCUT2D eigenvalue weighted by Crippen LogP contribution is -2.59. The summed E-state index contributed by atoms with van der Waals surface area (Å²) in [7, 11) is -0.456. The van der Waals surface area contributed by atoms with Crippen molar-refractivity contribution in [3.63, 3.8) is 0 Å². The third-order valence-electron chi connectivity index (χ3n) is 14.1. The Morgan fingerprint density at radius 1 is 0.883 bits per heavy atom. The smallest absolute Gasteiger partial charge is 0.416 e. The molecular formula is C48H75NO10Si. The molecule has 2 aromatic rings. The van der Waals surface area contributed by atoms with Crippen LogP contribution in [0.4, 0.5) is 4.79 Å². The Labute approximate surface area is 361 Å². The molecule has 2 amide bonds. The van der Waals surface area contributed by atoms with Gasteiger partial charge in [0.25, 0.3) is 0 Å². The van der Waals surface area contributed by atoms with Crippen molar-refractivity contribution in [2.24, 2.45) is 35.5 Å². The highest BCUT2D eigenvalue weighted by Gasteiger charge is 2.53. The van der Waals surface area contributed by atoms with E-state index in [1.54, 1.807) is 7.11 Å². The number of benzene rings is 2. The molecule has 5 rings (SSSR count). The summed E-state index contributed by atoms with van der Waals surface area (Å²) in [6.45, 7) is 29.7. The van der Waals surface area contributed by atoms with Crippen molar-refractivity contribution >= 4 is 20.3 Å². The summed E-state index contributed by atoms with van der Waals surface area (Å²) in [5, 5.41) is 12.5. The molecular weight excluding hydrogens is 779 g/mol. The van der Waals surface area contributed by atoms with Crippen LogP contribution in [0.2, 0.25) is 18.1 Å². The van der Waals surface area contributed by atoms with Crippen molar-refractivity contribution in [3.8, 4) is 5.75 Å². The number of ether oxygens (including phenoxy) is 6. The largest absolute Gasteiger partial charge is 0.497 e. The molecule has 3 aliphatic heterocycles. The SMILES string of the molecule is CC[C@@H](O[Si](C)(C)C(C)(C)C)[C@H](C)[C@@H]1O[C@H](c2ccc(OC)cc2)O[C@@H]([C@H](C)[C@@H](O)[C@H](C)[C@@H]2OC(C)(C)O[C@H]([C@@H](C)C(=O)N3C(=O)OC[C@H]3Cc3ccccc3)[C@@H]2C)[C@@H]1C. The number of hydrogen-bond donors (Lipinski definition) is 1. The summed E-state index contributed by atoms with van der Waals surface area (Å²) in [4.78, 5) is 28.6. The number of amides is 2. The molecule has 0 unspecified atom stereocenters. The Balaban J connectivity index is 1.38. The highest BCUT2D eigenvalue weighted by Crippen LogP contribution is 2.46. The number of rotatable bonds is 15. The highest BCUT2D eigenvalue weighted by atomic mass is 28.4. The van der Waals surface area contributed by atoms with E-state index in [2.05, 4.69) is 61.6 Å². The van der Waals surface area contributed by atoms with Crippen LogP contribution in [0.3, 0.4) is 0 Å². The van der Waals surface area contributed by atoms with Gasteiger partial charge in [-0.15, -0.1) is 0 Å². The van der Waals surface area contributed by atoms with Crippen molar-refractivity contribution < 1.29 is 47.5 Å². The summed E-state index contributed by atoms with van der Waals surface area (Å²) >= 11 is 0. The zero-order valence-corrected chi connectivity index (χ0v) is 40.0. The maximum Gasteiger partial charge on any atom is 0.416 e. The van der Waals surface area contributed by atoms with E-state index in [1.807, 2.05) is 89.2 Å². The predicted octanol–water partition coefficient (Wildman–Crippen LogP) is 9.57. The van der Waals surface area contributed by atoms with E-state index >= 15 is 0 Å². The van der Waals surface area contributed by atoms with Crippen LogP contribution in [0.25, 0.3) is 0 Å². The minimum Gasteiger partial charge on any atom is -0.497 e. The second-order valence-electron chi connectivity index (χ2n) is 19.9. The maximum absolute atomic E-state index is 14.3. The molecule has 1 N–H and O–H groups in total. The summed E-state index contributed by atoms with van der Waals surface area (Å²) in [6, 6.07) is 17.1. The van der Waals surface area contributed by atoms with Crippen LogP contribution >= 0.6 is 0 Å². The summed E-state index contributed by atoms with van der Waals surface area (Å²) in [6.07, 6.45) is -2.54. The molecule has 0 spiro atoms. The van der Waals surface area contributed by atoms with Crippen LogP contribution in [-0.4, -0.2) is 92.5 Å². The average Bonchev–Trinajstić information content (AvgIpc) is 3.57. The standard InChI is InChI=1S/C48H75NO10Si/c1-16-38(59-60(14,15)47(8,9)10)28(2)40-31(5)41(56-45(55-40)35-22-24-37(53-13)25-23-35)29(3)39(50)30(4)42-32(6)43(58-48(11,12)57-42)33(7)44(51)49-36(27-54-46(49)52)26-34-20-18-17-19-21-34/h17-25,28-33,36,38-43,45,50H,16,26-27H2,1-15H3/t28-,29+,30-,31+,32+,33+,36+,38+,39+,40-,41-,42-,43-,45-/m0/s1. The first kappa shape index (κ1) is 48.2. The minimum atomic E-state index is -2.10. The van der Waals surface area contributed by atoms with Gasteiger partial charge in [-0.25, -0.2) is 9.69 Å². The molecule has 336 valence electrons. The molecule has 0 aromatic heterocycles. The number of imide groups is 1. The second-order valence-corrected chi connectivity index (χ2v) is 24.7. The van der Waals surface area contributed by atoms with Gasteiger partial charge in [-0.3, -0.25) is 4.79 Å². The third kappa shape index (κ3) is 10.5. The first-order valence-corrected chi connectivity index (χ1v) is 25.1. The van der Waals surface area contributed by atoms with E-state index in [0.29, 0.717) is 6.42 Å². The van der Waals surface area contributed by atoms with Crippen molar-refractivity contribution in [2.45, 2.75) is 169 Å². The van der Waals surface area contributed by atoms with Gasteiger partial charge in [0.05, 0.1) is 49.6 Å². The van der Waals surface area contributed by atoms with Gasteiger partial charge in [0, 0.05) is 41.3 Å². The molecule has 3 heterocycles. The molecule has 3 saturated heterocycles. The number of methoxy groups -OCH3 is 1. The van der Waals surface area contributed by atoms with Gasteiger partial charge in [-0.1, -0.05) is 112 Å². The van der Waals surface area contributed by atoms with E-state index in [1.165, 1.54) is 4.90 Å². The Bertz CT molecular complexity index is 1720. The van der Waals surface area contributed by atoms with E-state index in [4.69, 9.17) is 32.8 Å². The Hall–Kier alpha value is -2.84. The Morgan fingerprint density at radius 3 is 2.00 bits per heavy atom. The van der Waals surface area contributed by atoms with Gasteiger partial charge in [0.2, 0.25) is 5.91 Å². The van der Waals surface area contributed by atoms with Crippen molar-refractivity contribution in [1.82, 2.24) is 4.90 Å². The lowest BCUT2D eigenvalue weighted by molar-refractivity contribution is -0.339. The molecule has 60 heavy (non-hydrogen) atoms. The van der Waals surface area contributed by atoms with E-state index < -0.39 is 56.8 Å². The van der Waals surface area contributed by atoms with Crippen LogP contribution < -0.4 is 4.74 Å². The van der Waals surface area contributed by atoms with Crippen LogP contribution in [0.15, 0.2) is 54.6 Å². The second kappa shape index (κ2) is 19.3. The quantitative estimate of drug-likeness (QED) is 0.173. The Kier molecular flexibility index (Phi) is 15.5. The first-order chi connectivity index (χ1) is 28.0. The van der Waals surface area contributed by atoms with Gasteiger partial charge in [-0.05, 0) is 62.5 Å². The van der Waals surface area contributed by atoms with Crippen LogP contribution in [0, 0.1) is 35.5 Å². The lowest BCUT2D eigenvalue weighted by Gasteiger charge is -2.51. The topological polar surface area (TPSA) is 122 Å². The molecule has 0 radical (unpaired) electrons. The molecule has 0 saturated carbocycles. The molecule has 11 nitrogen and oxygen atoms in total. The Morgan fingerprint density at radius 2 is 1.43 bits per heavy atom. The first-order valence-electron chi connectivity index (χ1n) is 22.2. The molecule has 12 heteroatoms. The van der Waals surface area contributed by atoms with E-state index in [9.17, 15) is 14.7 Å². The van der Waals surface area contributed by atoms with Crippen molar-refractivity contribution in [1.29, 1.82) is 0 Å². The molecule has 0 bridgehead atoms. The van der Waals surface area contributed by atoms with Crippen LogP contribution in [-0.2, 0) is 39.3 Å². The number of aliphatic hydroxyl groups excluding tert-OH is 1. The molecule has 3 fully saturated rings. The fraction of sp³-hybridized carbons (Fsp3) is 0.708. The number of aliphatic hydroxyl groups is 1. The number of cyclic esters (lactones) is 1. The number of carbonyl (C=O) groups is 2. The highest BCUT2D eigenvalue weighted by molar-refractivity contribution is 6.74. The van der Waals surface area contributed by atoms with E-state index in [-0.39, 0.29) is 65.5 Å².